The molecule has 0 saturated heterocycles. The van der Waals surface area contributed by atoms with Crippen molar-refractivity contribution in [3.05, 3.63) is 52.4 Å². The minimum absolute atomic E-state index is 0.146. The van der Waals surface area contributed by atoms with Crippen LogP contribution in [0.5, 0.6) is 5.75 Å². The molecule has 0 radical (unpaired) electrons. The Kier molecular flexibility index (Phi) is 6.20. The number of rotatable bonds is 7. The zero-order valence-electron chi connectivity index (χ0n) is 17.6. The fourth-order valence-corrected chi connectivity index (χ4v) is 6.79. The summed E-state index contributed by atoms with van der Waals surface area (Å²) >= 11 is 1.34. The second kappa shape index (κ2) is 8.88. The molecule has 0 fully saturated rings. The lowest BCUT2D eigenvalue weighted by atomic mass is 9.95. The average Bonchev–Trinajstić information content (AvgIpc) is 3.11. The number of aryl methyl sites for hydroxylation is 1. The van der Waals surface area contributed by atoms with Crippen LogP contribution in [0.4, 0.5) is 5.00 Å². The number of hydrogen-bond donors (Lipinski definition) is 1. The summed E-state index contributed by atoms with van der Waals surface area (Å²) in [6.45, 7) is 4.35. The van der Waals surface area contributed by atoms with Gasteiger partial charge in [-0.2, -0.15) is 0 Å². The number of fused-ring (bicyclic) bond motifs is 2. The molecular formula is C23H25NO5S2. The van der Waals surface area contributed by atoms with E-state index in [-0.39, 0.29) is 11.5 Å². The van der Waals surface area contributed by atoms with Crippen molar-refractivity contribution in [2.75, 3.05) is 17.9 Å². The highest BCUT2D eigenvalue weighted by Crippen LogP contribution is 2.40. The summed E-state index contributed by atoms with van der Waals surface area (Å²) < 4.78 is 40.5. The van der Waals surface area contributed by atoms with Gasteiger partial charge in [-0.25, -0.2) is 13.2 Å². The van der Waals surface area contributed by atoms with Gasteiger partial charge in [0.2, 0.25) is 0 Å². The van der Waals surface area contributed by atoms with E-state index in [0.29, 0.717) is 28.3 Å². The molecule has 8 heteroatoms. The second-order valence-corrected chi connectivity index (χ2v) is 10.0. The first kappa shape index (κ1) is 21.6. The largest absolute Gasteiger partial charge is 0.493 e. The van der Waals surface area contributed by atoms with Crippen molar-refractivity contribution in [1.29, 1.82) is 0 Å². The second-order valence-electron chi connectivity index (χ2n) is 7.28. The molecule has 0 bridgehead atoms. The molecule has 1 aliphatic rings. The van der Waals surface area contributed by atoms with Crippen LogP contribution in [0.25, 0.3) is 10.8 Å². The van der Waals surface area contributed by atoms with Crippen LogP contribution in [0, 0.1) is 0 Å². The molecule has 6 nitrogen and oxygen atoms in total. The first-order chi connectivity index (χ1) is 15.0. The topological polar surface area (TPSA) is 81.7 Å². The lowest BCUT2D eigenvalue weighted by Crippen LogP contribution is -2.16. The maximum Gasteiger partial charge on any atom is 0.341 e. The molecule has 1 heterocycles. The van der Waals surface area contributed by atoms with Crippen molar-refractivity contribution >= 4 is 43.1 Å². The molecule has 2 aromatic carbocycles. The van der Waals surface area contributed by atoms with Crippen molar-refractivity contribution in [3.8, 4) is 5.75 Å². The van der Waals surface area contributed by atoms with Gasteiger partial charge in [-0.3, -0.25) is 4.72 Å². The highest BCUT2D eigenvalue weighted by molar-refractivity contribution is 7.93. The Labute approximate surface area is 186 Å². The number of carbonyl (C=O) groups excluding carboxylic acids is 1. The summed E-state index contributed by atoms with van der Waals surface area (Å²) in [5.74, 6) is 0.159. The van der Waals surface area contributed by atoms with Gasteiger partial charge in [-0.1, -0.05) is 24.3 Å². The fourth-order valence-electron chi connectivity index (χ4n) is 3.99. The van der Waals surface area contributed by atoms with Crippen LogP contribution in [0.2, 0.25) is 0 Å². The summed E-state index contributed by atoms with van der Waals surface area (Å²) in [6, 6.07) is 10.5. The third-order valence-corrected chi connectivity index (χ3v) is 8.06. The molecule has 0 saturated carbocycles. The van der Waals surface area contributed by atoms with E-state index in [2.05, 4.69) is 4.72 Å². The van der Waals surface area contributed by atoms with Crippen LogP contribution in [0.3, 0.4) is 0 Å². The van der Waals surface area contributed by atoms with E-state index in [1.807, 2.05) is 19.1 Å². The standard InChI is InChI=1S/C23H25NO5S2/c1-3-28-18-13-14-20(16-10-6-5-9-15(16)18)31(26,27)24-22-21(23(25)29-4-2)17-11-7-8-12-19(17)30-22/h5-6,9-10,13-14,24H,3-4,7-8,11-12H2,1-2H3. The SMILES string of the molecule is CCOC(=O)c1c(NS(=O)(=O)c2ccc(OCC)c3ccccc23)sc2c1CCCC2. The Bertz CT molecular complexity index is 1230. The maximum absolute atomic E-state index is 13.4. The third-order valence-electron chi connectivity index (χ3n) is 5.31. The normalized spacial score (nSPS) is 13.6. The van der Waals surface area contributed by atoms with Gasteiger partial charge in [-0.05, 0) is 57.2 Å². The number of nitrogens with one attached hydrogen (secondary N) is 1. The Morgan fingerprint density at radius 3 is 2.52 bits per heavy atom. The Morgan fingerprint density at radius 2 is 1.77 bits per heavy atom. The molecule has 0 spiro atoms. The van der Waals surface area contributed by atoms with Gasteiger partial charge in [0.1, 0.15) is 10.8 Å². The Hall–Kier alpha value is -2.58. The highest BCUT2D eigenvalue weighted by atomic mass is 32.2. The highest BCUT2D eigenvalue weighted by Gasteiger charge is 2.29. The van der Waals surface area contributed by atoms with E-state index in [0.717, 1.165) is 41.5 Å². The first-order valence-electron chi connectivity index (χ1n) is 10.4. The fraction of sp³-hybridized carbons (Fsp3) is 0.348. The predicted molar refractivity (Wildman–Crippen MR) is 123 cm³/mol. The van der Waals surface area contributed by atoms with Crippen LogP contribution in [-0.2, 0) is 27.6 Å². The van der Waals surface area contributed by atoms with Crippen molar-refractivity contribution in [1.82, 2.24) is 0 Å². The van der Waals surface area contributed by atoms with Crippen molar-refractivity contribution < 1.29 is 22.7 Å². The van der Waals surface area contributed by atoms with E-state index >= 15 is 0 Å². The zero-order chi connectivity index (χ0) is 22.0. The summed E-state index contributed by atoms with van der Waals surface area (Å²) in [4.78, 5) is 13.9. The van der Waals surface area contributed by atoms with E-state index in [1.165, 1.54) is 11.3 Å². The molecular weight excluding hydrogens is 434 g/mol. The van der Waals surface area contributed by atoms with Crippen molar-refractivity contribution in [2.45, 2.75) is 44.4 Å². The molecule has 1 aliphatic carbocycles. The maximum atomic E-state index is 13.4. The lowest BCUT2D eigenvalue weighted by Gasteiger charge is -2.14. The van der Waals surface area contributed by atoms with Gasteiger partial charge in [0.05, 0.1) is 23.7 Å². The minimum atomic E-state index is -3.94. The van der Waals surface area contributed by atoms with E-state index in [9.17, 15) is 13.2 Å². The average molecular weight is 460 g/mol. The molecule has 3 aromatic rings. The Balaban J connectivity index is 1.79. The molecule has 1 aromatic heterocycles. The van der Waals surface area contributed by atoms with Gasteiger partial charge in [0.25, 0.3) is 10.0 Å². The monoisotopic (exact) mass is 459 g/mol. The van der Waals surface area contributed by atoms with Crippen molar-refractivity contribution in [2.24, 2.45) is 0 Å². The molecule has 0 amide bonds. The van der Waals surface area contributed by atoms with Crippen LogP contribution in [0.15, 0.2) is 41.3 Å². The summed E-state index contributed by atoms with van der Waals surface area (Å²) in [7, 11) is -3.94. The van der Waals surface area contributed by atoms with Crippen LogP contribution in [-0.4, -0.2) is 27.6 Å². The van der Waals surface area contributed by atoms with Crippen LogP contribution in [0.1, 0.15) is 47.5 Å². The number of esters is 1. The third kappa shape index (κ3) is 4.14. The quantitative estimate of drug-likeness (QED) is 0.494. The van der Waals surface area contributed by atoms with Crippen molar-refractivity contribution in [3.63, 3.8) is 0 Å². The van der Waals surface area contributed by atoms with Gasteiger partial charge in [0.15, 0.2) is 0 Å². The molecule has 4 rings (SSSR count). The van der Waals surface area contributed by atoms with Gasteiger partial charge in [0, 0.05) is 15.6 Å². The summed E-state index contributed by atoms with van der Waals surface area (Å²) in [6.07, 6.45) is 3.62. The van der Waals surface area contributed by atoms with Crippen LogP contribution >= 0.6 is 11.3 Å². The minimum Gasteiger partial charge on any atom is -0.493 e. The first-order valence-corrected chi connectivity index (χ1v) is 12.7. The smallest absolute Gasteiger partial charge is 0.341 e. The molecule has 0 aliphatic heterocycles. The lowest BCUT2D eigenvalue weighted by molar-refractivity contribution is 0.0526. The van der Waals surface area contributed by atoms with Gasteiger partial charge < -0.3 is 9.47 Å². The number of anilines is 1. The van der Waals surface area contributed by atoms with E-state index in [1.54, 1.807) is 31.2 Å². The van der Waals surface area contributed by atoms with E-state index in [4.69, 9.17) is 9.47 Å². The molecule has 0 atom stereocenters. The van der Waals surface area contributed by atoms with E-state index < -0.39 is 16.0 Å². The van der Waals surface area contributed by atoms with Crippen LogP contribution < -0.4 is 9.46 Å². The number of sulfonamides is 1. The molecule has 31 heavy (non-hydrogen) atoms. The summed E-state index contributed by atoms with van der Waals surface area (Å²) in [5, 5.41) is 1.63. The number of ether oxygens (including phenoxy) is 2. The number of benzene rings is 2. The Morgan fingerprint density at radius 1 is 1.03 bits per heavy atom. The number of carbonyl (C=O) groups is 1. The molecule has 0 unspecified atom stereocenters. The number of thiophene rings is 1. The number of hydrogen-bond acceptors (Lipinski definition) is 6. The van der Waals surface area contributed by atoms with Gasteiger partial charge in [-0.15, -0.1) is 11.3 Å². The predicted octanol–water partition coefficient (Wildman–Crippen LogP) is 5.16. The summed E-state index contributed by atoms with van der Waals surface area (Å²) in [5.41, 5.74) is 1.28. The molecule has 1 N–H and O–H groups in total. The molecule has 164 valence electrons. The zero-order valence-corrected chi connectivity index (χ0v) is 19.2. The van der Waals surface area contributed by atoms with Gasteiger partial charge >= 0.3 is 5.97 Å².